The summed E-state index contributed by atoms with van der Waals surface area (Å²) in [5.74, 6) is 4.37. The molecule has 1 fully saturated rings. The normalized spacial score (nSPS) is 20.3. The molecule has 0 saturated carbocycles. The Hall–Kier alpha value is -1.14. The maximum Gasteiger partial charge on any atom is 0.221 e. The van der Waals surface area contributed by atoms with Crippen LogP contribution in [0.15, 0.2) is 24.3 Å². The van der Waals surface area contributed by atoms with E-state index in [0.717, 1.165) is 28.4 Å². The van der Waals surface area contributed by atoms with E-state index in [2.05, 4.69) is 15.3 Å². The van der Waals surface area contributed by atoms with Gasteiger partial charge in [0, 0.05) is 28.9 Å². The number of imidazole rings is 1. The van der Waals surface area contributed by atoms with E-state index in [0.29, 0.717) is 11.7 Å². The molecule has 21 heavy (non-hydrogen) atoms. The van der Waals surface area contributed by atoms with Crippen molar-refractivity contribution in [2.45, 2.75) is 24.6 Å². The molecule has 1 aliphatic heterocycles. The number of carbonyl (C=O) groups excluding carboxylic acids is 1. The molecule has 1 aromatic heterocycles. The second kappa shape index (κ2) is 6.75. The van der Waals surface area contributed by atoms with Gasteiger partial charge in [0.25, 0.3) is 0 Å². The van der Waals surface area contributed by atoms with Gasteiger partial charge in [0.2, 0.25) is 5.91 Å². The summed E-state index contributed by atoms with van der Waals surface area (Å²) in [6.07, 6.45) is 0.599. The lowest BCUT2D eigenvalue weighted by atomic mass is 10.2. The smallest absolute Gasteiger partial charge is 0.221 e. The van der Waals surface area contributed by atoms with E-state index in [1.165, 1.54) is 5.75 Å². The van der Waals surface area contributed by atoms with Crippen molar-refractivity contribution in [3.63, 3.8) is 0 Å². The van der Waals surface area contributed by atoms with Gasteiger partial charge < -0.3 is 10.3 Å². The lowest BCUT2D eigenvalue weighted by molar-refractivity contribution is -0.121. The molecule has 1 saturated heterocycles. The quantitative estimate of drug-likeness (QED) is 0.909. The molecule has 6 heteroatoms. The Balaban J connectivity index is 1.59. The molecule has 0 spiro atoms. The number of hydrogen-bond donors (Lipinski definition) is 2. The van der Waals surface area contributed by atoms with E-state index >= 15 is 0 Å². The number of para-hydroxylation sites is 2. The van der Waals surface area contributed by atoms with Crippen molar-refractivity contribution in [2.75, 3.05) is 17.3 Å². The van der Waals surface area contributed by atoms with Gasteiger partial charge in [-0.1, -0.05) is 12.1 Å². The van der Waals surface area contributed by atoms with Crippen molar-refractivity contribution in [3.8, 4) is 0 Å². The molecule has 2 heterocycles. The van der Waals surface area contributed by atoms with Crippen molar-refractivity contribution < 1.29 is 4.79 Å². The Kier molecular flexibility index (Phi) is 4.75. The molecular weight excluding hydrogens is 302 g/mol. The van der Waals surface area contributed by atoms with Crippen LogP contribution in [0.3, 0.4) is 0 Å². The van der Waals surface area contributed by atoms with Gasteiger partial charge in [-0.3, -0.25) is 4.79 Å². The molecule has 3 rings (SSSR count). The zero-order chi connectivity index (χ0) is 14.7. The third-order valence-electron chi connectivity index (χ3n) is 3.49. The van der Waals surface area contributed by atoms with Gasteiger partial charge in [0.05, 0.1) is 17.1 Å². The summed E-state index contributed by atoms with van der Waals surface area (Å²) in [6.45, 7) is 1.97. The molecular formula is C15H19N3OS2. The number of fused-ring (bicyclic) bond motifs is 1. The van der Waals surface area contributed by atoms with Gasteiger partial charge in [-0.25, -0.2) is 4.98 Å². The highest BCUT2D eigenvalue weighted by molar-refractivity contribution is 8.06. The van der Waals surface area contributed by atoms with Gasteiger partial charge >= 0.3 is 0 Å². The highest BCUT2D eigenvalue weighted by Gasteiger charge is 2.20. The number of H-pyrrole nitrogens is 1. The Bertz CT molecular complexity index is 589. The molecule has 2 N–H and O–H groups in total. The first kappa shape index (κ1) is 14.8. The van der Waals surface area contributed by atoms with Crippen molar-refractivity contribution in [3.05, 3.63) is 30.1 Å². The first-order valence-corrected chi connectivity index (χ1v) is 9.36. The molecule has 1 aliphatic rings. The van der Waals surface area contributed by atoms with E-state index in [1.807, 2.05) is 54.7 Å². The second-order valence-electron chi connectivity index (χ2n) is 5.20. The molecule has 1 amide bonds. The number of amides is 1. The van der Waals surface area contributed by atoms with E-state index < -0.39 is 0 Å². The molecule has 0 aliphatic carbocycles. The Labute approximate surface area is 132 Å². The van der Waals surface area contributed by atoms with Gasteiger partial charge in [0.15, 0.2) is 0 Å². The predicted octanol–water partition coefficient (Wildman–Crippen LogP) is 2.98. The summed E-state index contributed by atoms with van der Waals surface area (Å²) in [6, 6.07) is 7.82. The predicted molar refractivity (Wildman–Crippen MR) is 90.8 cm³/mol. The molecule has 0 bridgehead atoms. The minimum absolute atomic E-state index is 0.0915. The van der Waals surface area contributed by atoms with E-state index in [9.17, 15) is 4.79 Å². The second-order valence-corrected chi connectivity index (χ2v) is 7.76. The zero-order valence-electron chi connectivity index (χ0n) is 12.0. The van der Waals surface area contributed by atoms with Crippen LogP contribution in [0.5, 0.6) is 0 Å². The topological polar surface area (TPSA) is 57.8 Å². The van der Waals surface area contributed by atoms with Crippen LogP contribution in [0.4, 0.5) is 0 Å². The minimum atomic E-state index is -0.0915. The third kappa shape index (κ3) is 3.74. The average molecular weight is 321 g/mol. The van der Waals surface area contributed by atoms with Crippen LogP contribution in [0.1, 0.15) is 25.2 Å². The average Bonchev–Trinajstić information content (AvgIpc) is 2.92. The molecule has 4 nitrogen and oxygen atoms in total. The summed E-state index contributed by atoms with van der Waals surface area (Å²) in [5, 5.41) is 3.50. The fraction of sp³-hybridized carbons (Fsp3) is 0.467. The molecule has 112 valence electrons. The Morgan fingerprint density at radius 1 is 1.48 bits per heavy atom. The number of benzene rings is 1. The zero-order valence-corrected chi connectivity index (χ0v) is 13.6. The lowest BCUT2D eigenvalue weighted by Gasteiger charge is -2.21. The fourth-order valence-corrected chi connectivity index (χ4v) is 5.09. The number of nitrogens with zero attached hydrogens (tertiary/aromatic N) is 1. The van der Waals surface area contributed by atoms with Gasteiger partial charge in [-0.15, -0.1) is 0 Å². The molecule has 2 atom stereocenters. The summed E-state index contributed by atoms with van der Waals surface area (Å²) in [7, 11) is 0. The SMILES string of the molecule is C[C@H](NC(=O)C[C@@H]1CSCCS1)c1nc2ccccc2[nH]1. The van der Waals surface area contributed by atoms with Crippen molar-refractivity contribution >= 4 is 40.5 Å². The van der Waals surface area contributed by atoms with Gasteiger partial charge in [-0.05, 0) is 19.1 Å². The first-order chi connectivity index (χ1) is 10.2. The summed E-state index contributed by atoms with van der Waals surface area (Å²) in [5.41, 5.74) is 1.95. The van der Waals surface area contributed by atoms with Crippen LogP contribution in [0, 0.1) is 0 Å². The van der Waals surface area contributed by atoms with Crippen molar-refractivity contribution in [1.82, 2.24) is 15.3 Å². The molecule has 0 unspecified atom stereocenters. The van der Waals surface area contributed by atoms with Gasteiger partial charge in [-0.2, -0.15) is 23.5 Å². The van der Waals surface area contributed by atoms with Crippen LogP contribution >= 0.6 is 23.5 Å². The Morgan fingerprint density at radius 3 is 3.10 bits per heavy atom. The maximum atomic E-state index is 12.1. The van der Waals surface area contributed by atoms with Crippen LogP contribution in [0.2, 0.25) is 0 Å². The maximum absolute atomic E-state index is 12.1. The Morgan fingerprint density at radius 2 is 2.33 bits per heavy atom. The number of aromatic amines is 1. The largest absolute Gasteiger partial charge is 0.346 e. The fourth-order valence-electron chi connectivity index (χ4n) is 2.41. The highest BCUT2D eigenvalue weighted by Crippen LogP contribution is 2.26. The van der Waals surface area contributed by atoms with Crippen LogP contribution in [-0.2, 0) is 4.79 Å². The summed E-state index contributed by atoms with van der Waals surface area (Å²) in [4.78, 5) is 19.9. The number of aromatic nitrogens is 2. The highest BCUT2D eigenvalue weighted by atomic mass is 32.2. The third-order valence-corrected chi connectivity index (χ3v) is 6.34. The molecule has 1 aromatic carbocycles. The number of rotatable bonds is 4. The van der Waals surface area contributed by atoms with Crippen molar-refractivity contribution in [1.29, 1.82) is 0 Å². The number of carbonyl (C=O) groups is 1. The minimum Gasteiger partial charge on any atom is -0.346 e. The number of nitrogens with one attached hydrogen (secondary N) is 2. The standard InChI is InChI=1S/C15H19N3OS2/c1-10(15-17-12-4-2-3-5-13(12)18-15)16-14(19)8-11-9-20-6-7-21-11/h2-5,10-11H,6-9H2,1H3,(H,16,19)(H,17,18)/t10-,11+/m0/s1. The summed E-state index contributed by atoms with van der Waals surface area (Å²) < 4.78 is 0. The van der Waals surface area contributed by atoms with E-state index in [-0.39, 0.29) is 11.9 Å². The number of hydrogen-bond acceptors (Lipinski definition) is 4. The van der Waals surface area contributed by atoms with Crippen LogP contribution < -0.4 is 5.32 Å². The van der Waals surface area contributed by atoms with Crippen LogP contribution in [0.25, 0.3) is 11.0 Å². The van der Waals surface area contributed by atoms with Gasteiger partial charge in [0.1, 0.15) is 5.82 Å². The number of thioether (sulfide) groups is 2. The molecule has 2 aromatic rings. The van der Waals surface area contributed by atoms with Crippen LogP contribution in [-0.4, -0.2) is 38.4 Å². The van der Waals surface area contributed by atoms with E-state index in [1.54, 1.807) is 0 Å². The van der Waals surface area contributed by atoms with E-state index in [4.69, 9.17) is 0 Å². The monoisotopic (exact) mass is 321 g/mol. The first-order valence-electron chi connectivity index (χ1n) is 7.16. The van der Waals surface area contributed by atoms with Crippen molar-refractivity contribution in [2.24, 2.45) is 0 Å². The lowest BCUT2D eigenvalue weighted by Crippen LogP contribution is -2.31. The molecule has 0 radical (unpaired) electrons. The summed E-state index contributed by atoms with van der Waals surface area (Å²) >= 11 is 3.86.